The van der Waals surface area contributed by atoms with Gasteiger partial charge in [0.2, 0.25) is 0 Å². The van der Waals surface area contributed by atoms with Gasteiger partial charge in [0.25, 0.3) is 0 Å². The number of para-hydroxylation sites is 1. The molecule has 5 nitrogen and oxygen atoms in total. The summed E-state index contributed by atoms with van der Waals surface area (Å²) in [5.41, 5.74) is 8.51. The first kappa shape index (κ1) is 41.8. The normalized spacial score (nSPS) is 11.0. The second kappa shape index (κ2) is 21.6. The molecular weight excluding hydrogens is 769 g/mol. The standard InChI is InChI=1S/C32H33N2S2.3C2H6N.Hf/c1-19(2)23-15-11-16-24(20(3)4)30(23)34-31(25-13-8-7-12-21(25)5)32-33-27(18-35-32)29-22(6)36-28-17-10-9-14-26(28)29;3*1-3-2;/h7-20,31H,1-6H3;3*1-2H3;/q4*-1;. The van der Waals surface area contributed by atoms with E-state index in [1.807, 2.05) is 11.3 Å². The Bertz CT molecular complexity index is 1540. The number of aromatic nitrogens is 1. The number of hydrogen-bond acceptors (Lipinski definition) is 3. The number of nitrogens with zero attached hydrogens (tertiary/aromatic N) is 5. The maximum Gasteiger partial charge on any atom is 0.0831 e. The summed E-state index contributed by atoms with van der Waals surface area (Å²) < 4.78 is 1.31. The molecule has 0 N–H and O–H groups in total. The molecular formula is C38H51HfN5S2-4. The Labute approximate surface area is 305 Å². The summed E-state index contributed by atoms with van der Waals surface area (Å²) in [6.45, 7) is 13.4. The zero-order valence-corrected chi connectivity index (χ0v) is 34.9. The van der Waals surface area contributed by atoms with Gasteiger partial charge in [0, 0.05) is 51.8 Å². The third-order valence-electron chi connectivity index (χ3n) is 6.87. The van der Waals surface area contributed by atoms with E-state index in [1.54, 1.807) is 53.6 Å². The average Bonchev–Trinajstić information content (AvgIpc) is 3.61. The van der Waals surface area contributed by atoms with Crippen molar-refractivity contribution >= 4 is 38.4 Å². The van der Waals surface area contributed by atoms with E-state index < -0.39 is 0 Å². The zero-order chi connectivity index (χ0) is 33.5. The fraction of sp³-hybridized carbons (Fsp3) is 0.395. The third kappa shape index (κ3) is 11.2. The molecule has 0 aliphatic carbocycles. The Kier molecular flexibility index (Phi) is 19.7. The smallest absolute Gasteiger partial charge is 0.0831 e. The van der Waals surface area contributed by atoms with Crippen LogP contribution in [-0.4, -0.2) is 47.3 Å². The van der Waals surface area contributed by atoms with Crippen LogP contribution in [-0.2, 0) is 25.8 Å². The fourth-order valence-corrected chi connectivity index (χ4v) is 6.89. The number of thiazole rings is 1. The van der Waals surface area contributed by atoms with Gasteiger partial charge < -0.3 is 21.3 Å². The summed E-state index contributed by atoms with van der Waals surface area (Å²) >= 11 is 3.57. The van der Waals surface area contributed by atoms with Crippen LogP contribution in [0.15, 0.2) is 72.1 Å². The number of thiophene rings is 1. The van der Waals surface area contributed by atoms with E-state index in [0.717, 1.165) is 16.4 Å². The zero-order valence-electron chi connectivity index (χ0n) is 29.7. The average molecular weight is 820 g/mol. The molecule has 3 aromatic carbocycles. The van der Waals surface area contributed by atoms with Crippen LogP contribution in [0.1, 0.15) is 77.7 Å². The molecule has 0 aliphatic rings. The Morgan fingerprint density at radius 1 is 0.652 bits per heavy atom. The molecule has 5 aromatic rings. The molecule has 1 atom stereocenters. The van der Waals surface area contributed by atoms with Crippen molar-refractivity contribution < 1.29 is 25.8 Å². The van der Waals surface area contributed by atoms with Crippen LogP contribution in [0.2, 0.25) is 0 Å². The van der Waals surface area contributed by atoms with Gasteiger partial charge in [-0.25, -0.2) is 4.98 Å². The molecule has 2 heterocycles. The molecule has 0 fully saturated rings. The molecule has 0 amide bonds. The van der Waals surface area contributed by atoms with Crippen molar-refractivity contribution in [3.05, 3.63) is 126 Å². The van der Waals surface area contributed by atoms with Crippen LogP contribution < -0.4 is 0 Å². The van der Waals surface area contributed by atoms with Crippen LogP contribution in [0.5, 0.6) is 0 Å². The summed E-state index contributed by atoms with van der Waals surface area (Å²) in [6.07, 6.45) is 0. The molecule has 0 bridgehead atoms. The van der Waals surface area contributed by atoms with Crippen LogP contribution in [0.3, 0.4) is 0 Å². The van der Waals surface area contributed by atoms with Crippen molar-refractivity contribution in [3.8, 4) is 11.3 Å². The number of hydrogen-bond donors (Lipinski definition) is 0. The summed E-state index contributed by atoms with van der Waals surface area (Å²) in [7, 11) is 10.5. The van der Waals surface area contributed by atoms with Crippen LogP contribution >= 0.6 is 22.7 Å². The Balaban J connectivity index is 0.000000952. The van der Waals surface area contributed by atoms with E-state index in [0.29, 0.717) is 11.8 Å². The molecule has 0 spiro atoms. The maximum atomic E-state index is 5.53. The predicted molar refractivity (Wildman–Crippen MR) is 204 cm³/mol. The van der Waals surface area contributed by atoms with Gasteiger partial charge in [-0.15, -0.1) is 28.4 Å². The van der Waals surface area contributed by atoms with Gasteiger partial charge in [-0.05, 0) is 43.4 Å². The fourth-order valence-electron chi connectivity index (χ4n) is 4.96. The molecule has 0 saturated heterocycles. The second-order valence-electron chi connectivity index (χ2n) is 11.4. The Morgan fingerprint density at radius 2 is 1.15 bits per heavy atom. The van der Waals surface area contributed by atoms with E-state index in [2.05, 4.69) is 130 Å². The first-order valence-corrected chi connectivity index (χ1v) is 17.1. The quantitative estimate of drug-likeness (QED) is 0.151. The number of rotatable bonds is 7. The maximum absolute atomic E-state index is 5.53. The number of aryl methyl sites for hydroxylation is 2. The van der Waals surface area contributed by atoms with Crippen LogP contribution in [0, 0.1) is 13.8 Å². The van der Waals surface area contributed by atoms with Crippen molar-refractivity contribution in [3.63, 3.8) is 0 Å². The Hall–Kier alpha value is -2.20. The van der Waals surface area contributed by atoms with E-state index in [1.165, 1.54) is 42.8 Å². The third-order valence-corrected chi connectivity index (χ3v) is 8.85. The minimum absolute atomic E-state index is 0. The van der Waals surface area contributed by atoms with Crippen molar-refractivity contribution in [1.29, 1.82) is 0 Å². The SMILES string of the molecule is C[N-]C.C[N-]C.C[N-]C.Cc1ccccc1C([N-]c1c(C(C)C)cccc1C(C)C)c1nc(-c2c(C)sc3ccccc23)cs1.[Hf]. The van der Waals surface area contributed by atoms with Gasteiger partial charge >= 0.3 is 0 Å². The van der Waals surface area contributed by atoms with Crippen molar-refractivity contribution in [2.24, 2.45) is 0 Å². The largest absolute Gasteiger partial charge is 0.672 e. The molecule has 2 aromatic heterocycles. The summed E-state index contributed by atoms with van der Waals surface area (Å²) in [5.74, 6) is 0.790. The first-order chi connectivity index (χ1) is 21.6. The molecule has 8 heteroatoms. The predicted octanol–water partition coefficient (Wildman–Crippen LogP) is 12.5. The van der Waals surface area contributed by atoms with Crippen LogP contribution in [0.25, 0.3) is 42.6 Å². The monoisotopic (exact) mass is 821 g/mol. The van der Waals surface area contributed by atoms with Crippen molar-refractivity contribution in [2.45, 2.75) is 59.4 Å². The molecule has 5 rings (SSSR count). The molecule has 1 unspecified atom stereocenters. The van der Waals surface area contributed by atoms with Crippen molar-refractivity contribution in [1.82, 2.24) is 4.98 Å². The first-order valence-electron chi connectivity index (χ1n) is 15.4. The molecule has 248 valence electrons. The number of fused-ring (bicyclic) bond motifs is 1. The molecule has 0 aliphatic heterocycles. The number of benzene rings is 3. The second-order valence-corrected chi connectivity index (χ2v) is 13.6. The van der Waals surface area contributed by atoms with E-state index >= 15 is 0 Å². The summed E-state index contributed by atoms with van der Waals surface area (Å²) in [4.78, 5) is 6.57. The van der Waals surface area contributed by atoms with E-state index in [9.17, 15) is 0 Å². The van der Waals surface area contributed by atoms with Crippen LogP contribution in [0.4, 0.5) is 5.69 Å². The summed E-state index contributed by atoms with van der Waals surface area (Å²) in [5, 5.41) is 20.6. The topological polar surface area (TPSA) is 69.3 Å². The summed E-state index contributed by atoms with van der Waals surface area (Å²) in [6, 6.07) is 23.8. The molecule has 0 saturated carbocycles. The van der Waals surface area contributed by atoms with Gasteiger partial charge in [-0.2, -0.15) is 42.3 Å². The minimum Gasteiger partial charge on any atom is -0.672 e. The van der Waals surface area contributed by atoms with E-state index in [-0.39, 0.29) is 31.9 Å². The van der Waals surface area contributed by atoms with Gasteiger partial charge in [0.15, 0.2) is 0 Å². The minimum atomic E-state index is -0.146. The molecule has 0 radical (unpaired) electrons. The van der Waals surface area contributed by atoms with Crippen molar-refractivity contribution in [2.75, 3.05) is 42.3 Å². The van der Waals surface area contributed by atoms with E-state index in [4.69, 9.17) is 10.3 Å². The molecule has 46 heavy (non-hydrogen) atoms. The Morgan fingerprint density at radius 3 is 1.70 bits per heavy atom. The van der Waals surface area contributed by atoms with Gasteiger partial charge in [0.1, 0.15) is 0 Å². The van der Waals surface area contributed by atoms with Gasteiger partial charge in [-0.3, -0.25) is 0 Å². The van der Waals surface area contributed by atoms with Gasteiger partial charge in [-0.1, -0.05) is 105 Å². The van der Waals surface area contributed by atoms with Gasteiger partial charge in [0.05, 0.1) is 10.7 Å².